The minimum Gasteiger partial charge on any atom is -0.508 e. The highest BCUT2D eigenvalue weighted by Gasteiger charge is 2.57. The molecule has 36 heavy (non-hydrogen) atoms. The zero-order valence-electron chi connectivity index (χ0n) is 19.8. The van der Waals surface area contributed by atoms with Crippen LogP contribution in [0.1, 0.15) is 41.7 Å². The SMILES string of the molecule is C[C@@]1(c2cc(O)cc(O)c2)c2c(C=Cc3ccc(O)cc3)cc(O)cc2O[C@@]1(C)c1ccc(O)cc1. The zero-order chi connectivity index (χ0) is 25.7. The van der Waals surface area contributed by atoms with Gasteiger partial charge in [0.1, 0.15) is 40.1 Å². The first-order chi connectivity index (χ1) is 17.1. The molecule has 0 aliphatic carbocycles. The minimum absolute atomic E-state index is 0.0233. The molecule has 1 aliphatic heterocycles. The quantitative estimate of drug-likeness (QED) is 0.228. The Labute approximate surface area is 208 Å². The first-order valence-electron chi connectivity index (χ1n) is 11.5. The van der Waals surface area contributed by atoms with Gasteiger partial charge < -0.3 is 30.3 Å². The predicted octanol–water partition coefficient (Wildman–Crippen LogP) is 6.00. The fourth-order valence-corrected chi connectivity index (χ4v) is 5.13. The molecule has 4 aromatic rings. The van der Waals surface area contributed by atoms with Gasteiger partial charge in [-0.25, -0.2) is 0 Å². The summed E-state index contributed by atoms with van der Waals surface area (Å²) in [6, 6.07) is 21.1. The highest BCUT2D eigenvalue weighted by Crippen LogP contribution is 2.60. The zero-order valence-corrected chi connectivity index (χ0v) is 19.8. The van der Waals surface area contributed by atoms with Crippen molar-refractivity contribution in [3.63, 3.8) is 0 Å². The van der Waals surface area contributed by atoms with E-state index in [4.69, 9.17) is 4.74 Å². The maximum Gasteiger partial charge on any atom is 0.145 e. The van der Waals surface area contributed by atoms with Gasteiger partial charge in [0.2, 0.25) is 0 Å². The Kier molecular flexibility index (Phi) is 5.32. The number of hydrogen-bond donors (Lipinski definition) is 5. The number of benzene rings is 4. The van der Waals surface area contributed by atoms with Gasteiger partial charge in [0.05, 0.1) is 5.41 Å². The molecule has 0 saturated heterocycles. The van der Waals surface area contributed by atoms with Crippen molar-refractivity contribution in [1.82, 2.24) is 0 Å². The van der Waals surface area contributed by atoms with Crippen LogP contribution >= 0.6 is 0 Å². The van der Waals surface area contributed by atoms with Crippen LogP contribution in [0.4, 0.5) is 0 Å². The van der Waals surface area contributed by atoms with Crippen molar-refractivity contribution in [3.8, 4) is 34.5 Å². The van der Waals surface area contributed by atoms with Gasteiger partial charge in [-0.15, -0.1) is 0 Å². The lowest BCUT2D eigenvalue weighted by Gasteiger charge is -2.41. The first-order valence-corrected chi connectivity index (χ1v) is 11.5. The van der Waals surface area contributed by atoms with Gasteiger partial charge in [-0.1, -0.05) is 36.4 Å². The summed E-state index contributed by atoms with van der Waals surface area (Å²) in [5.41, 5.74) is 1.67. The summed E-state index contributed by atoms with van der Waals surface area (Å²) < 4.78 is 6.59. The van der Waals surface area contributed by atoms with Crippen LogP contribution in [0, 0.1) is 0 Å². The smallest absolute Gasteiger partial charge is 0.145 e. The summed E-state index contributed by atoms with van der Waals surface area (Å²) in [4.78, 5) is 0. The van der Waals surface area contributed by atoms with E-state index in [1.54, 1.807) is 72.8 Å². The lowest BCUT2D eigenvalue weighted by molar-refractivity contribution is 0.0575. The first kappa shape index (κ1) is 23.2. The van der Waals surface area contributed by atoms with Gasteiger partial charge in [-0.2, -0.15) is 0 Å². The van der Waals surface area contributed by atoms with Crippen molar-refractivity contribution >= 4 is 12.2 Å². The molecule has 0 radical (unpaired) electrons. The second kappa shape index (κ2) is 8.27. The molecule has 0 bridgehead atoms. The van der Waals surface area contributed by atoms with Gasteiger partial charge in [-0.3, -0.25) is 0 Å². The normalized spacial score (nSPS) is 20.8. The molecule has 0 fully saturated rings. The molecule has 0 aromatic heterocycles. The minimum atomic E-state index is -1.04. The molecule has 4 aromatic carbocycles. The molecule has 0 unspecified atom stereocenters. The number of fused-ring (bicyclic) bond motifs is 1. The van der Waals surface area contributed by atoms with Crippen molar-refractivity contribution in [2.45, 2.75) is 24.9 Å². The number of hydrogen-bond acceptors (Lipinski definition) is 6. The molecule has 1 heterocycles. The maximum absolute atomic E-state index is 10.6. The number of ether oxygens (including phenoxy) is 1. The van der Waals surface area contributed by atoms with Crippen LogP contribution in [-0.4, -0.2) is 25.5 Å². The van der Waals surface area contributed by atoms with Crippen molar-refractivity contribution in [2.24, 2.45) is 0 Å². The van der Waals surface area contributed by atoms with Crippen molar-refractivity contribution < 1.29 is 30.3 Å². The number of rotatable bonds is 4. The fourth-order valence-electron chi connectivity index (χ4n) is 5.13. The number of phenolic OH excluding ortho intramolecular Hbond substituents is 5. The molecule has 5 N–H and O–H groups in total. The van der Waals surface area contributed by atoms with E-state index in [2.05, 4.69) is 0 Å². The van der Waals surface area contributed by atoms with Crippen molar-refractivity contribution in [1.29, 1.82) is 0 Å². The van der Waals surface area contributed by atoms with Crippen LogP contribution in [0.25, 0.3) is 12.2 Å². The van der Waals surface area contributed by atoms with Crippen LogP contribution in [0.2, 0.25) is 0 Å². The molecule has 0 saturated carbocycles. The Bertz CT molecular complexity index is 1450. The third kappa shape index (κ3) is 3.67. The Hall–Kier alpha value is -4.58. The Morgan fingerprint density at radius 2 is 1.14 bits per heavy atom. The average molecular weight is 483 g/mol. The Balaban J connectivity index is 1.77. The molecule has 182 valence electrons. The third-order valence-electron chi connectivity index (χ3n) is 7.13. The van der Waals surface area contributed by atoms with Gasteiger partial charge in [-0.05, 0) is 78.6 Å². The van der Waals surface area contributed by atoms with E-state index in [-0.39, 0.29) is 28.7 Å². The third-order valence-corrected chi connectivity index (χ3v) is 7.13. The average Bonchev–Trinajstić information content (AvgIpc) is 3.06. The summed E-state index contributed by atoms with van der Waals surface area (Å²) >= 11 is 0. The monoisotopic (exact) mass is 482 g/mol. The number of phenols is 5. The van der Waals surface area contributed by atoms with Crippen molar-refractivity contribution in [2.75, 3.05) is 0 Å². The van der Waals surface area contributed by atoms with E-state index in [9.17, 15) is 25.5 Å². The Morgan fingerprint density at radius 1 is 0.583 bits per heavy atom. The molecular formula is C30H26O6. The summed E-state index contributed by atoms with van der Waals surface area (Å²) in [5.74, 6) is 0.585. The highest BCUT2D eigenvalue weighted by atomic mass is 16.5. The second-order valence-electron chi connectivity index (χ2n) is 9.38. The molecule has 6 nitrogen and oxygen atoms in total. The van der Waals surface area contributed by atoms with Crippen LogP contribution in [0.3, 0.4) is 0 Å². The van der Waals surface area contributed by atoms with Crippen LogP contribution in [0.5, 0.6) is 34.5 Å². The van der Waals surface area contributed by atoms with Crippen LogP contribution in [-0.2, 0) is 11.0 Å². The lowest BCUT2D eigenvalue weighted by Crippen LogP contribution is -2.45. The van der Waals surface area contributed by atoms with E-state index in [1.165, 1.54) is 6.07 Å². The summed E-state index contributed by atoms with van der Waals surface area (Å²) in [6.45, 7) is 3.87. The maximum atomic E-state index is 10.6. The van der Waals surface area contributed by atoms with Gasteiger partial charge in [0.25, 0.3) is 0 Å². The van der Waals surface area contributed by atoms with E-state index in [0.29, 0.717) is 16.9 Å². The van der Waals surface area contributed by atoms with E-state index in [0.717, 1.165) is 16.7 Å². The fraction of sp³-hybridized carbons (Fsp3) is 0.133. The van der Waals surface area contributed by atoms with Crippen LogP contribution in [0.15, 0.2) is 78.9 Å². The molecule has 0 amide bonds. The van der Waals surface area contributed by atoms with Gasteiger partial charge >= 0.3 is 0 Å². The number of aromatic hydroxyl groups is 5. The Morgan fingerprint density at radius 3 is 1.75 bits per heavy atom. The topological polar surface area (TPSA) is 110 Å². The van der Waals surface area contributed by atoms with Gasteiger partial charge in [0.15, 0.2) is 0 Å². The summed E-state index contributed by atoms with van der Waals surface area (Å²) in [6.07, 6.45) is 3.73. The molecule has 2 atom stereocenters. The van der Waals surface area contributed by atoms with Gasteiger partial charge in [0, 0.05) is 17.7 Å². The highest BCUT2D eigenvalue weighted by molar-refractivity contribution is 5.77. The van der Waals surface area contributed by atoms with E-state index >= 15 is 0 Å². The van der Waals surface area contributed by atoms with Crippen LogP contribution < -0.4 is 4.74 Å². The lowest BCUT2D eigenvalue weighted by atomic mass is 9.63. The molecule has 1 aliphatic rings. The predicted molar refractivity (Wildman–Crippen MR) is 137 cm³/mol. The van der Waals surface area contributed by atoms with Crippen molar-refractivity contribution in [3.05, 3.63) is 107 Å². The largest absolute Gasteiger partial charge is 0.508 e. The standard InChI is InChI=1S/C30H26O6/c1-29(21-14-25(34)16-26(35)15-21)28-19(6-3-18-4-9-22(31)10-5-18)13-24(33)17-27(28)36-30(29,2)20-7-11-23(32)12-8-20/h3-17,31-35H,1-2H3/t29-,30+/m1/s1. The molecule has 5 rings (SSSR count). The van der Waals surface area contributed by atoms with E-state index < -0.39 is 11.0 Å². The second-order valence-corrected chi connectivity index (χ2v) is 9.38. The molecule has 0 spiro atoms. The molecular weight excluding hydrogens is 456 g/mol. The molecule has 6 heteroatoms. The summed E-state index contributed by atoms with van der Waals surface area (Å²) in [5, 5.41) is 50.8. The summed E-state index contributed by atoms with van der Waals surface area (Å²) in [7, 11) is 0. The van der Waals surface area contributed by atoms with E-state index in [1.807, 2.05) is 26.0 Å².